The summed E-state index contributed by atoms with van der Waals surface area (Å²) in [5, 5.41) is 2.52. The summed E-state index contributed by atoms with van der Waals surface area (Å²) >= 11 is 0. The van der Waals surface area contributed by atoms with E-state index in [0.29, 0.717) is 0 Å². The second-order valence-electron chi connectivity index (χ2n) is 6.50. The Morgan fingerprint density at radius 3 is 2.00 bits per heavy atom. The lowest BCUT2D eigenvalue weighted by molar-refractivity contribution is 0.415. The molecule has 0 radical (unpaired) electrons. The number of hydrogen-bond donors (Lipinski definition) is 0. The number of methoxy groups -OCH3 is 1. The van der Waals surface area contributed by atoms with Gasteiger partial charge in [-0.05, 0) is 48.5 Å². The van der Waals surface area contributed by atoms with Gasteiger partial charge >= 0.3 is 0 Å². The van der Waals surface area contributed by atoms with Crippen molar-refractivity contribution >= 4 is 21.8 Å². The summed E-state index contributed by atoms with van der Waals surface area (Å²) in [6, 6.07) is 29.3. The molecule has 3 nitrogen and oxygen atoms in total. The molecule has 2 aromatic heterocycles. The van der Waals surface area contributed by atoms with Gasteiger partial charge in [0.1, 0.15) is 5.75 Å². The van der Waals surface area contributed by atoms with Gasteiger partial charge in [0.15, 0.2) is 0 Å². The second kappa shape index (κ2) is 6.29. The van der Waals surface area contributed by atoms with E-state index in [1.165, 1.54) is 21.8 Å². The van der Waals surface area contributed by atoms with Gasteiger partial charge in [-0.2, -0.15) is 0 Å². The normalized spacial score (nSPS) is 11.1. The average Bonchev–Trinajstić information content (AvgIpc) is 3.08. The summed E-state index contributed by atoms with van der Waals surface area (Å²) in [5.41, 5.74) is 5.51. The molecule has 130 valence electrons. The predicted molar refractivity (Wildman–Crippen MR) is 111 cm³/mol. The van der Waals surface area contributed by atoms with Crippen LogP contribution in [0.1, 0.15) is 0 Å². The third kappa shape index (κ3) is 2.56. The van der Waals surface area contributed by atoms with E-state index in [0.717, 1.165) is 22.7 Å². The van der Waals surface area contributed by atoms with Gasteiger partial charge in [-0.3, -0.25) is 4.98 Å². The molecule has 0 aliphatic carbocycles. The number of fused-ring (bicyclic) bond motifs is 3. The monoisotopic (exact) mass is 350 g/mol. The summed E-state index contributed by atoms with van der Waals surface area (Å²) in [6.07, 6.45) is 1.87. The van der Waals surface area contributed by atoms with E-state index in [1.54, 1.807) is 7.11 Å². The molecule has 0 fully saturated rings. The lowest BCUT2D eigenvalue weighted by Gasteiger charge is -2.10. The number of rotatable bonds is 3. The Morgan fingerprint density at radius 2 is 1.37 bits per heavy atom. The zero-order valence-electron chi connectivity index (χ0n) is 15.0. The lowest BCUT2D eigenvalue weighted by Crippen LogP contribution is -1.95. The van der Waals surface area contributed by atoms with Crippen LogP contribution in [0.5, 0.6) is 5.75 Å². The van der Waals surface area contributed by atoms with Crippen LogP contribution in [0.4, 0.5) is 0 Å². The number of para-hydroxylation sites is 2. The SMILES string of the molecule is COc1ccc(-c2cc(-n3c4ccccc4c4ccccc43)ccn2)cc1. The summed E-state index contributed by atoms with van der Waals surface area (Å²) in [4.78, 5) is 4.58. The fourth-order valence-electron chi connectivity index (χ4n) is 3.68. The van der Waals surface area contributed by atoms with Crippen LogP contribution in [-0.2, 0) is 0 Å². The van der Waals surface area contributed by atoms with Crippen molar-refractivity contribution in [2.75, 3.05) is 7.11 Å². The Bertz CT molecular complexity index is 1200. The maximum atomic E-state index is 5.26. The highest BCUT2D eigenvalue weighted by molar-refractivity contribution is 6.09. The van der Waals surface area contributed by atoms with E-state index >= 15 is 0 Å². The van der Waals surface area contributed by atoms with Crippen LogP contribution in [0, 0.1) is 0 Å². The van der Waals surface area contributed by atoms with Crippen LogP contribution >= 0.6 is 0 Å². The van der Waals surface area contributed by atoms with E-state index in [1.807, 2.05) is 30.5 Å². The Labute approximate surface area is 157 Å². The molecule has 3 heteroatoms. The third-order valence-corrected chi connectivity index (χ3v) is 4.97. The van der Waals surface area contributed by atoms with Crippen LogP contribution < -0.4 is 4.74 Å². The van der Waals surface area contributed by atoms with Gasteiger partial charge in [-0.15, -0.1) is 0 Å². The highest BCUT2D eigenvalue weighted by Gasteiger charge is 2.12. The van der Waals surface area contributed by atoms with E-state index < -0.39 is 0 Å². The summed E-state index contributed by atoms with van der Waals surface area (Å²) in [5.74, 6) is 0.845. The van der Waals surface area contributed by atoms with E-state index in [9.17, 15) is 0 Å². The topological polar surface area (TPSA) is 27.1 Å². The summed E-state index contributed by atoms with van der Waals surface area (Å²) in [6.45, 7) is 0. The Morgan fingerprint density at radius 1 is 0.741 bits per heavy atom. The van der Waals surface area contributed by atoms with Crippen molar-refractivity contribution < 1.29 is 4.74 Å². The van der Waals surface area contributed by atoms with Crippen molar-refractivity contribution in [3.8, 4) is 22.7 Å². The Kier molecular flexibility index (Phi) is 3.65. The fourth-order valence-corrected chi connectivity index (χ4v) is 3.68. The van der Waals surface area contributed by atoms with Gasteiger partial charge in [-0.25, -0.2) is 0 Å². The Balaban J connectivity index is 1.73. The highest BCUT2D eigenvalue weighted by Crippen LogP contribution is 2.32. The van der Waals surface area contributed by atoms with E-state index in [-0.39, 0.29) is 0 Å². The number of pyridine rings is 1. The molecular formula is C24H18N2O. The molecule has 27 heavy (non-hydrogen) atoms. The first-order valence-electron chi connectivity index (χ1n) is 8.94. The molecule has 0 atom stereocenters. The van der Waals surface area contributed by atoms with E-state index in [2.05, 4.69) is 70.2 Å². The number of benzene rings is 3. The maximum absolute atomic E-state index is 5.26. The molecule has 0 saturated carbocycles. The molecule has 3 aromatic carbocycles. The van der Waals surface area contributed by atoms with Crippen LogP contribution in [0.25, 0.3) is 38.8 Å². The first-order valence-corrected chi connectivity index (χ1v) is 8.94. The lowest BCUT2D eigenvalue weighted by atomic mass is 10.1. The van der Waals surface area contributed by atoms with Crippen LogP contribution in [-0.4, -0.2) is 16.7 Å². The van der Waals surface area contributed by atoms with Crippen LogP contribution in [0.3, 0.4) is 0 Å². The molecule has 0 unspecified atom stereocenters. The largest absolute Gasteiger partial charge is 0.497 e. The van der Waals surface area contributed by atoms with E-state index in [4.69, 9.17) is 4.74 Å². The van der Waals surface area contributed by atoms with Crippen molar-refractivity contribution in [2.24, 2.45) is 0 Å². The minimum Gasteiger partial charge on any atom is -0.497 e. The van der Waals surface area contributed by atoms with Crippen molar-refractivity contribution in [1.82, 2.24) is 9.55 Å². The maximum Gasteiger partial charge on any atom is 0.118 e. The molecule has 0 bridgehead atoms. The van der Waals surface area contributed by atoms with Gasteiger partial charge in [0.2, 0.25) is 0 Å². The van der Waals surface area contributed by atoms with Crippen molar-refractivity contribution in [2.45, 2.75) is 0 Å². The number of ether oxygens (including phenoxy) is 1. The third-order valence-electron chi connectivity index (χ3n) is 4.97. The number of aromatic nitrogens is 2. The molecule has 0 N–H and O–H groups in total. The Hall–Kier alpha value is -3.59. The molecule has 5 aromatic rings. The quantitative estimate of drug-likeness (QED) is 0.408. The minimum atomic E-state index is 0.845. The summed E-state index contributed by atoms with van der Waals surface area (Å²) < 4.78 is 7.56. The van der Waals surface area contributed by atoms with Gasteiger partial charge in [0.05, 0.1) is 23.8 Å². The number of nitrogens with zero attached hydrogens (tertiary/aromatic N) is 2. The van der Waals surface area contributed by atoms with Gasteiger partial charge in [-0.1, -0.05) is 36.4 Å². The molecule has 0 spiro atoms. The number of hydrogen-bond acceptors (Lipinski definition) is 2. The molecule has 5 rings (SSSR count). The van der Waals surface area contributed by atoms with Gasteiger partial charge in [0.25, 0.3) is 0 Å². The zero-order valence-corrected chi connectivity index (χ0v) is 15.0. The zero-order chi connectivity index (χ0) is 18.2. The molecule has 0 aliphatic rings. The first-order chi connectivity index (χ1) is 13.3. The molecular weight excluding hydrogens is 332 g/mol. The molecule has 2 heterocycles. The van der Waals surface area contributed by atoms with Gasteiger partial charge < -0.3 is 9.30 Å². The van der Waals surface area contributed by atoms with Gasteiger partial charge in [0, 0.05) is 28.2 Å². The van der Waals surface area contributed by atoms with Crippen molar-refractivity contribution in [3.05, 3.63) is 91.1 Å². The minimum absolute atomic E-state index is 0.845. The van der Waals surface area contributed by atoms with Crippen LogP contribution in [0.15, 0.2) is 91.1 Å². The fraction of sp³-hybridized carbons (Fsp3) is 0.0417. The second-order valence-corrected chi connectivity index (χ2v) is 6.50. The van der Waals surface area contributed by atoms with Crippen molar-refractivity contribution in [1.29, 1.82) is 0 Å². The molecule has 0 saturated heterocycles. The molecule has 0 amide bonds. The van der Waals surface area contributed by atoms with Crippen LogP contribution in [0.2, 0.25) is 0 Å². The summed E-state index contributed by atoms with van der Waals surface area (Å²) in [7, 11) is 1.68. The van der Waals surface area contributed by atoms with Crippen molar-refractivity contribution in [3.63, 3.8) is 0 Å². The molecule has 0 aliphatic heterocycles. The average molecular weight is 350 g/mol. The highest BCUT2D eigenvalue weighted by atomic mass is 16.5. The first kappa shape index (κ1) is 15.6. The standard InChI is InChI=1S/C24H18N2O/c1-27-19-12-10-17(11-13-19)22-16-18(14-15-25-22)26-23-8-4-2-6-20(23)21-7-3-5-9-24(21)26/h2-16H,1H3. The predicted octanol–water partition coefficient (Wildman–Crippen LogP) is 5.85. The smallest absolute Gasteiger partial charge is 0.118 e.